The molecule has 0 bridgehead atoms. The number of aryl methyl sites for hydroxylation is 2. The average Bonchev–Trinajstić information content (AvgIpc) is 1.55. The van der Waals surface area contributed by atoms with E-state index < -0.39 is 22.5 Å². The number of amides is 5. The molecule has 31 heteroatoms. The molecule has 672 valence electrons. The van der Waals surface area contributed by atoms with Gasteiger partial charge in [0.05, 0.1) is 21.1 Å². The zero-order valence-electron chi connectivity index (χ0n) is 73.5. The Morgan fingerprint density at radius 3 is 1.28 bits per heavy atom. The summed E-state index contributed by atoms with van der Waals surface area (Å²) in [6, 6.07) is 65.3. The number of carbonyl (C=O) groups is 5. The monoisotopic (exact) mass is 1890 g/mol. The van der Waals surface area contributed by atoms with Crippen LogP contribution in [0.4, 0.5) is 60.0 Å². The predicted octanol–water partition coefficient (Wildman–Crippen LogP) is 20.0. The molecule has 16 rings (SSSR count). The van der Waals surface area contributed by atoms with Gasteiger partial charge >= 0.3 is 0 Å². The molecule has 1 aromatic heterocycles. The van der Waals surface area contributed by atoms with Crippen molar-refractivity contribution in [2.24, 2.45) is 0 Å². The zero-order chi connectivity index (χ0) is 92.7. The number of nitro groups is 1. The first-order valence-corrected chi connectivity index (χ1v) is 45.3. The van der Waals surface area contributed by atoms with Gasteiger partial charge in [0.2, 0.25) is 5.69 Å². The van der Waals surface area contributed by atoms with Crippen LogP contribution in [0.5, 0.6) is 0 Å². The number of fused-ring (bicyclic) bond motifs is 1. The minimum atomic E-state index is -1.10. The Kier molecular flexibility index (Phi) is 32.2. The molecule has 0 saturated carbocycles. The second-order valence-electron chi connectivity index (χ2n) is 33.2. The van der Waals surface area contributed by atoms with Crippen LogP contribution in [-0.4, -0.2) is 224 Å². The number of benzene rings is 10. The normalized spacial score (nSPS) is 15.8. The van der Waals surface area contributed by atoms with Gasteiger partial charge in [0, 0.05) is 273 Å². The number of non-ortho nitro benzene ring substituents is 1. The lowest BCUT2D eigenvalue weighted by atomic mass is 9.86. The highest BCUT2D eigenvalue weighted by Crippen LogP contribution is 2.34. The molecule has 5 amide bonds. The smallest absolute Gasteiger partial charge is 0.269 e. The molecular formula is C98H104BrCl3F2N14O10S+2. The highest BCUT2D eigenvalue weighted by Gasteiger charge is 2.34. The number of thiophene rings is 1. The van der Waals surface area contributed by atoms with E-state index in [0.717, 1.165) is 140 Å². The molecule has 5 saturated heterocycles. The number of rotatable bonds is 14. The molecule has 2 atom stereocenters. The van der Waals surface area contributed by atoms with Crippen LogP contribution >= 0.6 is 62.1 Å². The minimum Gasteiger partial charge on any atom is -0.619 e. The fourth-order valence-corrected chi connectivity index (χ4v) is 17.7. The summed E-state index contributed by atoms with van der Waals surface area (Å²) in [5.74, 6) is -2.33. The number of carbonyl (C=O) groups excluding carboxylic acids is 5. The molecule has 2 unspecified atom stereocenters. The first-order valence-electron chi connectivity index (χ1n) is 42.5. The predicted molar refractivity (Wildman–Crippen MR) is 516 cm³/mol. The van der Waals surface area contributed by atoms with E-state index >= 15 is 0 Å². The van der Waals surface area contributed by atoms with Crippen LogP contribution in [0, 0.1) is 50.6 Å². The number of halogens is 6. The topological polar surface area (TPSA) is 227 Å². The molecule has 24 nitrogen and oxygen atoms in total. The number of piperazine rings is 5. The summed E-state index contributed by atoms with van der Waals surface area (Å²) >= 11 is 23.3. The summed E-state index contributed by atoms with van der Waals surface area (Å²) in [5.41, 5.74) is 13.1. The number of nitroso groups, excluding NO2 is 2. The van der Waals surface area contributed by atoms with Crippen LogP contribution < -0.4 is 24.5 Å². The third kappa shape index (κ3) is 24.4. The molecule has 0 radical (unpaired) electrons. The summed E-state index contributed by atoms with van der Waals surface area (Å²) in [5, 5.41) is 26.3. The lowest BCUT2D eigenvalue weighted by Crippen LogP contribution is -2.54. The summed E-state index contributed by atoms with van der Waals surface area (Å²) in [7, 11) is 2.92. The lowest BCUT2D eigenvalue weighted by Gasteiger charge is -2.41. The Morgan fingerprint density at radius 2 is 0.822 bits per heavy atom. The summed E-state index contributed by atoms with van der Waals surface area (Å²) in [6.45, 7) is 30.1. The van der Waals surface area contributed by atoms with Crippen LogP contribution in [0.2, 0.25) is 15.1 Å². The van der Waals surface area contributed by atoms with Crippen molar-refractivity contribution >= 4 is 160 Å². The van der Waals surface area contributed by atoms with Gasteiger partial charge in [-0.15, -0.1) is 11.3 Å². The molecule has 0 spiro atoms. The van der Waals surface area contributed by atoms with Crippen LogP contribution in [0.25, 0.3) is 10.1 Å². The van der Waals surface area contributed by atoms with Crippen molar-refractivity contribution in [3.63, 3.8) is 0 Å². The number of nitrogens with zero attached hydrogens (tertiary/aromatic N) is 14. The third-order valence-electron chi connectivity index (χ3n) is 23.5. The average molecular weight is 1890 g/mol. The van der Waals surface area contributed by atoms with E-state index in [1.165, 1.54) is 36.5 Å². The lowest BCUT2D eigenvalue weighted by molar-refractivity contribution is -0.428. The maximum absolute atomic E-state index is 13.5. The number of hydrogen-bond donors (Lipinski definition) is 0. The standard InChI is InChI=1S/C22H27N3O2.C20H19ClN2OS.C19H19ClF2N3O2.C19H21ClN3O2.C18H18BrN3O3/c1-22(2,3)18-7-5-17(6-8-18)21(26)25-15-13-24(14-16-25)20-11-9-19(10-12-20)23(4)27;1-14-6-7-15(12-18(14)21)22-8-10-23(11-9-22)20(24)17-13-25-19-5-3-2-4-16(17)19;1-12-11-24(14-5-3-13(4-6-14)23(2)27)7-8-25(12)19(26)15-9-17(21)18(22)10-16(15)20;1-14-3-4-15(13-18(14)20)19(24)23-11-9-22(10-12-23)17-7-5-16(6-8-17)21(2)25;1-13-12-20(16-5-7-17(8-6-16)22(24)25)9-10-21(13)18(23)14-3-2-4-15(19)11-14/h5-12H,4,13-16H2,1-3H3;2-7,12-13H,8-11H2,1H3;3-6,9-10,12H,7-8,11H2,1-2H3;3-8,13H,9-12H2,1-2H3;2-8,11,13H,9-10,12H2,1H3/q;;2*+1;. The zero-order valence-corrected chi connectivity index (χ0v) is 78.1. The van der Waals surface area contributed by atoms with E-state index in [1.807, 2.05) is 192 Å². The van der Waals surface area contributed by atoms with Crippen molar-refractivity contribution in [2.75, 3.05) is 156 Å². The van der Waals surface area contributed by atoms with Gasteiger partial charge in [-0.1, -0.05) is 120 Å². The second kappa shape index (κ2) is 43.3. The minimum absolute atomic E-state index is 0.0184. The summed E-state index contributed by atoms with van der Waals surface area (Å²) in [6.07, 6.45) is 0. The van der Waals surface area contributed by atoms with Crippen molar-refractivity contribution < 1.29 is 51.9 Å². The quantitative estimate of drug-likeness (QED) is 0.0246. The van der Waals surface area contributed by atoms with Crippen molar-refractivity contribution in [1.29, 1.82) is 0 Å². The van der Waals surface area contributed by atoms with Crippen molar-refractivity contribution in [1.82, 2.24) is 24.5 Å². The maximum atomic E-state index is 13.5. The fourth-order valence-electron chi connectivity index (χ4n) is 15.8. The number of nitro benzene ring substituents is 1. The largest absolute Gasteiger partial charge is 0.619 e. The van der Waals surface area contributed by atoms with Gasteiger partial charge in [-0.05, 0) is 171 Å². The first kappa shape index (κ1) is 95.9. The molecule has 0 aliphatic carbocycles. The van der Waals surface area contributed by atoms with Gasteiger partial charge < -0.3 is 54.2 Å². The maximum Gasteiger partial charge on any atom is 0.269 e. The van der Waals surface area contributed by atoms with Crippen molar-refractivity contribution in [2.45, 2.75) is 66.0 Å². The van der Waals surface area contributed by atoms with Gasteiger partial charge in [0.1, 0.15) is 6.72 Å². The van der Waals surface area contributed by atoms with E-state index in [9.17, 15) is 57.9 Å². The van der Waals surface area contributed by atoms with Crippen LogP contribution in [0.1, 0.15) is 103 Å². The second-order valence-corrected chi connectivity index (χ2v) is 36.3. The molecule has 5 fully saturated rings. The van der Waals surface area contributed by atoms with Gasteiger partial charge in [0.25, 0.3) is 46.6 Å². The van der Waals surface area contributed by atoms with Gasteiger partial charge in [-0.3, -0.25) is 34.1 Å². The molecule has 6 heterocycles. The fraction of sp³-hybridized carbons (Fsp3) is 0.306. The van der Waals surface area contributed by atoms with Crippen LogP contribution in [0.3, 0.4) is 0 Å². The van der Waals surface area contributed by atoms with Gasteiger partial charge in [-0.2, -0.15) is 4.74 Å². The number of anilines is 5. The van der Waals surface area contributed by atoms with E-state index in [4.69, 9.17) is 34.8 Å². The van der Waals surface area contributed by atoms with Gasteiger partial charge in [0.15, 0.2) is 25.7 Å². The van der Waals surface area contributed by atoms with Gasteiger partial charge in [-0.25, -0.2) is 8.78 Å². The molecule has 5 aliphatic heterocycles. The summed E-state index contributed by atoms with van der Waals surface area (Å²) in [4.78, 5) is 117. The third-order valence-corrected chi connectivity index (χ3v) is 26.1. The highest BCUT2D eigenvalue weighted by molar-refractivity contribution is 9.10. The molecular weight excluding hydrogens is 1790 g/mol. The molecule has 0 N–H and O–H groups in total. The van der Waals surface area contributed by atoms with Crippen molar-refractivity contribution in [3.05, 3.63) is 325 Å². The Hall–Kier alpha value is -12.2. The molecule has 11 aromatic rings. The Morgan fingerprint density at radius 1 is 0.419 bits per heavy atom. The molecule has 5 aliphatic rings. The molecule has 10 aromatic carbocycles. The Labute approximate surface area is 777 Å². The Balaban J connectivity index is 0.000000146. The van der Waals surface area contributed by atoms with Crippen LogP contribution in [-0.2, 0) is 5.41 Å². The van der Waals surface area contributed by atoms with Crippen LogP contribution in [0.15, 0.2) is 228 Å². The first-order chi connectivity index (χ1) is 61.6. The van der Waals surface area contributed by atoms with E-state index in [0.29, 0.717) is 103 Å². The summed E-state index contributed by atoms with van der Waals surface area (Å²) < 4.78 is 31.0. The van der Waals surface area contributed by atoms with E-state index in [2.05, 4.69) is 80.1 Å². The van der Waals surface area contributed by atoms with E-state index in [1.54, 1.807) is 58.7 Å². The molecule has 129 heavy (non-hydrogen) atoms. The van der Waals surface area contributed by atoms with E-state index in [-0.39, 0.29) is 57.4 Å². The SMILES string of the molecule is C=[N+]([O-])c1ccc(N2CCN(C(=O)c3ccc(C(C)(C)C)cc3)CC2)cc1.CC1CN(c2ccc([N+](=O)[O-])cc2)CCN1C(=O)c1cccc(Br)c1.CC1CN(c2ccc([N+](C)=O)cc2)CCN1C(=O)c1cc(F)c(F)cc1Cl.Cc1ccc(C(=O)N2CCN(c3ccc([N+](C)=O)cc3)CC2)cc1Cl.Cc1ccc(N2CCN(C(=O)c3csc4ccccc34)CC2)cc1Cl. The Bertz CT molecular complexity index is 5890. The highest BCUT2D eigenvalue weighted by atomic mass is 79.9. The van der Waals surface area contributed by atoms with Crippen molar-refractivity contribution in [3.8, 4) is 0 Å². The number of hydrogen-bond acceptors (Lipinski definition) is 16.